The summed E-state index contributed by atoms with van der Waals surface area (Å²) >= 11 is 0. The molecule has 0 N–H and O–H groups in total. The van der Waals surface area contributed by atoms with Gasteiger partial charge in [0.1, 0.15) is 15.2 Å². The van der Waals surface area contributed by atoms with Crippen LogP contribution in [-0.2, 0) is 37.7 Å². The average Bonchev–Trinajstić information content (AvgIpc) is 2.19. The van der Waals surface area contributed by atoms with Crippen molar-refractivity contribution in [3.63, 3.8) is 0 Å². The van der Waals surface area contributed by atoms with E-state index in [0.29, 0.717) is 0 Å². The Morgan fingerprint density at radius 1 is 0.824 bits per heavy atom. The van der Waals surface area contributed by atoms with Gasteiger partial charge in [-0.1, -0.05) is 13.8 Å². The predicted octanol–water partition coefficient (Wildman–Crippen LogP) is 1.19. The van der Waals surface area contributed by atoms with Crippen molar-refractivity contribution in [3.05, 3.63) is 0 Å². The van der Waals surface area contributed by atoms with Crippen LogP contribution in [0.2, 0.25) is 0 Å². The summed E-state index contributed by atoms with van der Waals surface area (Å²) in [7, 11) is -6.85. The molecule has 0 saturated heterocycles. The normalized spacial score (nSPS) is 16.8. The summed E-state index contributed by atoms with van der Waals surface area (Å²) in [6.45, 7) is 6.91. The molecule has 17 heavy (non-hydrogen) atoms. The Morgan fingerprint density at radius 2 is 1.06 bits per heavy atom. The molecule has 0 rings (SSSR count). The van der Waals surface area contributed by atoms with E-state index in [1.54, 1.807) is 27.7 Å². The van der Waals surface area contributed by atoms with Crippen molar-refractivity contribution < 1.29 is 47.4 Å². The van der Waals surface area contributed by atoms with Crippen LogP contribution in [0.1, 0.15) is 27.7 Å². The maximum absolute atomic E-state index is 10.4. The Hall–Kier alpha value is 0.923. The Morgan fingerprint density at radius 3 is 1.12 bits per heavy atom. The third kappa shape index (κ3) is 16.9. The van der Waals surface area contributed by atoms with Crippen LogP contribution in [0.3, 0.4) is 0 Å². The predicted molar refractivity (Wildman–Crippen MR) is 59.5 cm³/mol. The van der Waals surface area contributed by atoms with Gasteiger partial charge in [0, 0.05) is 12.3 Å². The molecule has 0 amide bonds. The van der Waals surface area contributed by atoms with Gasteiger partial charge in [0.2, 0.25) is 0 Å². The van der Waals surface area contributed by atoms with Crippen LogP contribution in [-0.4, -0.2) is 25.5 Å². The number of hydrogen-bond donors (Lipinski definition) is 0. The molecule has 0 aromatic rings. The average molecular weight is 340 g/mol. The third-order valence-corrected chi connectivity index (χ3v) is 4.28. The summed E-state index contributed by atoms with van der Waals surface area (Å²) in [6.07, 6.45) is 0.168. The summed E-state index contributed by atoms with van der Waals surface area (Å²) in [4.78, 5) is 20.8. The molecule has 6 nitrogen and oxygen atoms in total. The molecular formula is C8H20O6P2Zn. The first-order chi connectivity index (χ1) is 7.24. The van der Waals surface area contributed by atoms with Gasteiger partial charge < -0.3 is 28.0 Å². The van der Waals surface area contributed by atoms with Gasteiger partial charge in [-0.05, 0) is 13.8 Å². The zero-order chi connectivity index (χ0) is 13.2. The van der Waals surface area contributed by atoms with Gasteiger partial charge in [-0.3, -0.25) is 0 Å². The van der Waals surface area contributed by atoms with Crippen LogP contribution in [0, 0.1) is 0 Å². The molecule has 0 aromatic heterocycles. The molecule has 0 aliphatic rings. The fourth-order valence-electron chi connectivity index (χ4n) is 0.576. The quantitative estimate of drug-likeness (QED) is 0.532. The molecule has 0 bridgehead atoms. The fourth-order valence-corrected chi connectivity index (χ4v) is 1.73. The van der Waals surface area contributed by atoms with Crippen molar-refractivity contribution in [1.82, 2.24) is 0 Å². The Kier molecular flexibility index (Phi) is 16.2. The second kappa shape index (κ2) is 12.0. The summed E-state index contributed by atoms with van der Waals surface area (Å²) in [5, 5.41) is 0. The minimum absolute atomic E-state index is 0. The van der Waals surface area contributed by atoms with Gasteiger partial charge in [0.05, 0.1) is 13.2 Å². The van der Waals surface area contributed by atoms with Gasteiger partial charge in [-0.2, -0.15) is 0 Å². The number of rotatable bonds is 6. The largest absolute Gasteiger partial charge is 2.00 e. The second-order valence-corrected chi connectivity index (χ2v) is 6.91. The summed E-state index contributed by atoms with van der Waals surface area (Å²) in [5.74, 6) is 0. The molecule has 0 heterocycles. The summed E-state index contributed by atoms with van der Waals surface area (Å²) in [6, 6.07) is 0. The van der Waals surface area contributed by atoms with Crippen LogP contribution in [0.25, 0.3) is 0 Å². The summed E-state index contributed by atoms with van der Waals surface area (Å²) < 4.78 is 29.6. The van der Waals surface area contributed by atoms with E-state index in [9.17, 15) is 18.9 Å². The monoisotopic (exact) mass is 338 g/mol. The van der Waals surface area contributed by atoms with E-state index in [4.69, 9.17) is 0 Å². The molecule has 2 unspecified atom stereocenters. The van der Waals surface area contributed by atoms with Crippen LogP contribution < -0.4 is 9.79 Å². The summed E-state index contributed by atoms with van der Waals surface area (Å²) in [5.41, 5.74) is 0. The van der Waals surface area contributed by atoms with Crippen molar-refractivity contribution in [2.75, 3.05) is 25.5 Å². The van der Waals surface area contributed by atoms with Crippen molar-refractivity contribution in [2.45, 2.75) is 27.7 Å². The third-order valence-electron chi connectivity index (χ3n) is 1.43. The fraction of sp³-hybridized carbons (Fsp3) is 1.00. The molecule has 0 aliphatic carbocycles. The maximum Gasteiger partial charge on any atom is 2.00 e. The molecule has 0 aromatic carbocycles. The zero-order valence-corrected chi connectivity index (χ0v) is 15.6. The van der Waals surface area contributed by atoms with E-state index in [-0.39, 0.29) is 45.0 Å². The Bertz CT molecular complexity index is 234. The van der Waals surface area contributed by atoms with Gasteiger partial charge in [-0.15, -0.1) is 0 Å². The molecule has 0 spiro atoms. The Balaban J connectivity index is -0.000000218. The second-order valence-electron chi connectivity index (χ2n) is 2.69. The van der Waals surface area contributed by atoms with Crippen molar-refractivity contribution >= 4 is 15.2 Å². The molecular weight excluding hydrogens is 319 g/mol. The van der Waals surface area contributed by atoms with E-state index in [0.717, 1.165) is 0 Å². The van der Waals surface area contributed by atoms with Crippen molar-refractivity contribution in [3.8, 4) is 0 Å². The van der Waals surface area contributed by atoms with Gasteiger partial charge in [0.15, 0.2) is 0 Å². The Labute approximate surface area is 116 Å². The van der Waals surface area contributed by atoms with E-state index in [1.807, 2.05) is 0 Å². The van der Waals surface area contributed by atoms with Crippen molar-refractivity contribution in [1.29, 1.82) is 0 Å². The minimum Gasteiger partial charge on any atom is -0.779 e. The van der Waals surface area contributed by atoms with Gasteiger partial charge in [0.25, 0.3) is 0 Å². The molecule has 100 valence electrons. The van der Waals surface area contributed by atoms with Crippen LogP contribution in [0.5, 0.6) is 0 Å². The molecule has 0 fully saturated rings. The first-order valence-electron chi connectivity index (χ1n) is 5.13. The molecule has 2 atom stereocenters. The SMILES string of the molecule is CCOP(=O)([O-])CC.CCOP(=O)([O-])CC.[Zn+2]. The van der Waals surface area contributed by atoms with Crippen LogP contribution in [0.4, 0.5) is 0 Å². The standard InChI is InChI=1S/2C4H11O3P.Zn/c2*1-3-7-8(5,6)4-2;/h2*3-4H2,1-2H3,(H,5,6);/q;;+2/p-2. The van der Waals surface area contributed by atoms with Gasteiger partial charge in [-0.25, -0.2) is 0 Å². The maximum atomic E-state index is 10.4. The van der Waals surface area contributed by atoms with E-state index >= 15 is 0 Å². The smallest absolute Gasteiger partial charge is 0.779 e. The molecule has 9 heteroatoms. The van der Waals surface area contributed by atoms with E-state index < -0.39 is 15.2 Å². The van der Waals surface area contributed by atoms with E-state index in [2.05, 4.69) is 9.05 Å². The minimum atomic E-state index is -3.42. The molecule has 0 radical (unpaired) electrons. The van der Waals surface area contributed by atoms with Crippen LogP contribution in [0.15, 0.2) is 0 Å². The van der Waals surface area contributed by atoms with Crippen molar-refractivity contribution in [2.24, 2.45) is 0 Å². The first kappa shape index (κ1) is 23.0. The molecule has 0 aliphatic heterocycles. The van der Waals surface area contributed by atoms with Gasteiger partial charge >= 0.3 is 19.5 Å². The van der Waals surface area contributed by atoms with Crippen LogP contribution >= 0.6 is 15.2 Å². The topological polar surface area (TPSA) is 98.7 Å². The zero-order valence-electron chi connectivity index (χ0n) is 10.9. The number of hydrogen-bond acceptors (Lipinski definition) is 6. The first-order valence-corrected chi connectivity index (χ1v) is 8.59. The van der Waals surface area contributed by atoms with E-state index in [1.165, 1.54) is 0 Å². The molecule has 0 saturated carbocycles.